The van der Waals surface area contributed by atoms with Crippen LogP contribution in [-0.4, -0.2) is 28.8 Å². The molecule has 162 valence electrons. The highest BCUT2D eigenvalue weighted by Gasteiger charge is 2.34. The van der Waals surface area contributed by atoms with E-state index in [0.29, 0.717) is 11.3 Å². The van der Waals surface area contributed by atoms with Crippen LogP contribution in [0, 0.1) is 5.82 Å². The maximum atomic E-state index is 13.1. The molecule has 3 aromatic rings. The molecule has 31 heavy (non-hydrogen) atoms. The van der Waals surface area contributed by atoms with Gasteiger partial charge in [-0.3, -0.25) is 9.59 Å². The average molecular weight is 435 g/mol. The molecule has 0 saturated heterocycles. The molecule has 2 aromatic carbocycles. The topological polar surface area (TPSA) is 73.2 Å². The third-order valence-electron chi connectivity index (χ3n) is 4.20. The van der Waals surface area contributed by atoms with E-state index in [9.17, 15) is 27.2 Å². The van der Waals surface area contributed by atoms with Crippen LogP contribution in [0.25, 0.3) is 11.3 Å². The van der Waals surface area contributed by atoms with Gasteiger partial charge in [-0.1, -0.05) is 12.1 Å². The standard InChI is InChI=1S/C21H17F4N3O3/c22-15-7-5-14(6-8-15)17-9-10-20(30)28(27-17)12-11-26-19(29)13-31-18-4-2-1-3-16(18)21(23,24)25/h1-10H,11-13H2,(H,26,29). The van der Waals surface area contributed by atoms with Crippen molar-refractivity contribution in [3.8, 4) is 17.0 Å². The first-order valence-electron chi connectivity index (χ1n) is 9.14. The predicted molar refractivity (Wildman–Crippen MR) is 104 cm³/mol. The van der Waals surface area contributed by atoms with Gasteiger partial charge < -0.3 is 10.1 Å². The molecule has 0 aliphatic rings. The first-order chi connectivity index (χ1) is 14.7. The van der Waals surface area contributed by atoms with Gasteiger partial charge in [0.05, 0.1) is 17.8 Å². The van der Waals surface area contributed by atoms with Crippen molar-refractivity contribution in [2.75, 3.05) is 13.2 Å². The highest BCUT2D eigenvalue weighted by molar-refractivity contribution is 5.77. The molecule has 0 fully saturated rings. The maximum Gasteiger partial charge on any atom is 0.419 e. The molecule has 10 heteroatoms. The van der Waals surface area contributed by atoms with E-state index in [1.165, 1.54) is 48.5 Å². The number of aromatic nitrogens is 2. The van der Waals surface area contributed by atoms with Crippen LogP contribution in [0.4, 0.5) is 17.6 Å². The van der Waals surface area contributed by atoms with Crippen molar-refractivity contribution in [1.82, 2.24) is 15.1 Å². The van der Waals surface area contributed by atoms with Crippen LogP contribution in [0.1, 0.15) is 5.56 Å². The van der Waals surface area contributed by atoms with E-state index in [1.807, 2.05) is 0 Å². The molecule has 0 unspecified atom stereocenters. The largest absolute Gasteiger partial charge is 0.483 e. The number of halogens is 4. The van der Waals surface area contributed by atoms with Crippen LogP contribution in [-0.2, 0) is 17.5 Å². The van der Waals surface area contributed by atoms with E-state index in [1.54, 1.807) is 0 Å². The van der Waals surface area contributed by atoms with Gasteiger partial charge >= 0.3 is 6.18 Å². The quantitative estimate of drug-likeness (QED) is 0.579. The van der Waals surface area contributed by atoms with Gasteiger partial charge in [-0.2, -0.15) is 18.3 Å². The van der Waals surface area contributed by atoms with Crippen molar-refractivity contribution in [3.05, 3.63) is 82.4 Å². The van der Waals surface area contributed by atoms with Gasteiger partial charge in [0.2, 0.25) is 0 Å². The molecular formula is C21H17F4N3O3. The maximum absolute atomic E-state index is 13.1. The molecular weight excluding hydrogens is 418 g/mol. The first-order valence-corrected chi connectivity index (χ1v) is 9.14. The number of para-hydroxylation sites is 1. The number of benzene rings is 2. The summed E-state index contributed by atoms with van der Waals surface area (Å²) in [6.07, 6.45) is -4.60. The summed E-state index contributed by atoms with van der Waals surface area (Å²) in [5.41, 5.74) is -0.333. The van der Waals surface area contributed by atoms with E-state index >= 15 is 0 Å². The number of hydrogen-bond donors (Lipinski definition) is 1. The lowest BCUT2D eigenvalue weighted by molar-refractivity contribution is -0.139. The zero-order chi connectivity index (χ0) is 22.4. The normalized spacial score (nSPS) is 11.2. The van der Waals surface area contributed by atoms with Gasteiger partial charge in [0.1, 0.15) is 11.6 Å². The number of hydrogen-bond acceptors (Lipinski definition) is 4. The Labute approximate surface area is 174 Å². The van der Waals surface area contributed by atoms with Gasteiger partial charge in [-0.25, -0.2) is 9.07 Å². The summed E-state index contributed by atoms with van der Waals surface area (Å²) in [5, 5.41) is 6.63. The summed E-state index contributed by atoms with van der Waals surface area (Å²) in [4.78, 5) is 23.9. The zero-order valence-corrected chi connectivity index (χ0v) is 16.0. The minimum atomic E-state index is -4.60. The summed E-state index contributed by atoms with van der Waals surface area (Å²) < 4.78 is 58.0. The van der Waals surface area contributed by atoms with Gasteiger partial charge in [0.15, 0.2) is 6.61 Å². The van der Waals surface area contributed by atoms with Crippen molar-refractivity contribution in [2.45, 2.75) is 12.7 Å². The Hall–Kier alpha value is -3.69. The van der Waals surface area contributed by atoms with E-state index in [0.717, 1.165) is 16.8 Å². The van der Waals surface area contributed by atoms with Crippen molar-refractivity contribution in [3.63, 3.8) is 0 Å². The van der Waals surface area contributed by atoms with E-state index < -0.39 is 41.4 Å². The van der Waals surface area contributed by atoms with Crippen LogP contribution in [0.3, 0.4) is 0 Å². The number of amides is 1. The van der Waals surface area contributed by atoms with Crippen LogP contribution >= 0.6 is 0 Å². The molecule has 0 aliphatic carbocycles. The molecule has 1 amide bonds. The number of nitrogens with one attached hydrogen (secondary N) is 1. The Balaban J connectivity index is 1.56. The monoisotopic (exact) mass is 435 g/mol. The molecule has 1 N–H and O–H groups in total. The summed E-state index contributed by atoms with van der Waals surface area (Å²) >= 11 is 0. The Morgan fingerprint density at radius 2 is 1.74 bits per heavy atom. The second-order valence-electron chi connectivity index (χ2n) is 6.42. The Morgan fingerprint density at radius 3 is 2.45 bits per heavy atom. The van der Waals surface area contributed by atoms with Crippen molar-refractivity contribution >= 4 is 5.91 Å². The molecule has 0 radical (unpaired) electrons. The predicted octanol–water partition coefficient (Wildman–Crippen LogP) is 3.26. The highest BCUT2D eigenvalue weighted by atomic mass is 19.4. The lowest BCUT2D eigenvalue weighted by Gasteiger charge is -2.13. The Morgan fingerprint density at radius 1 is 1.03 bits per heavy atom. The van der Waals surface area contributed by atoms with Crippen molar-refractivity contribution in [1.29, 1.82) is 0 Å². The number of nitrogens with zero attached hydrogens (tertiary/aromatic N) is 2. The second-order valence-corrected chi connectivity index (χ2v) is 6.42. The van der Waals surface area contributed by atoms with E-state index in [-0.39, 0.29) is 13.1 Å². The van der Waals surface area contributed by atoms with Gasteiger partial charge in [-0.05, 0) is 42.5 Å². The number of ether oxygens (including phenoxy) is 1. The summed E-state index contributed by atoms with van der Waals surface area (Å²) in [6.45, 7) is -0.591. The summed E-state index contributed by atoms with van der Waals surface area (Å²) in [6, 6.07) is 12.9. The summed E-state index contributed by atoms with van der Waals surface area (Å²) in [5.74, 6) is -1.50. The SMILES string of the molecule is O=C(COc1ccccc1C(F)(F)F)NCCn1nc(-c2ccc(F)cc2)ccc1=O. The molecule has 1 aromatic heterocycles. The van der Waals surface area contributed by atoms with Gasteiger partial charge in [0, 0.05) is 18.2 Å². The molecule has 0 saturated carbocycles. The molecule has 0 aliphatic heterocycles. The van der Waals surface area contributed by atoms with Crippen molar-refractivity contribution in [2.24, 2.45) is 0 Å². The molecule has 6 nitrogen and oxygen atoms in total. The number of carbonyl (C=O) groups is 1. The third kappa shape index (κ3) is 5.91. The smallest absolute Gasteiger partial charge is 0.419 e. The minimum absolute atomic E-state index is 0.00287. The van der Waals surface area contributed by atoms with Crippen LogP contribution < -0.4 is 15.6 Å². The highest BCUT2D eigenvalue weighted by Crippen LogP contribution is 2.35. The lowest BCUT2D eigenvalue weighted by atomic mass is 10.1. The summed E-state index contributed by atoms with van der Waals surface area (Å²) in [7, 11) is 0. The fourth-order valence-electron chi connectivity index (χ4n) is 2.71. The fraction of sp³-hybridized carbons (Fsp3) is 0.190. The van der Waals surface area contributed by atoms with Crippen LogP contribution in [0.5, 0.6) is 5.75 Å². The Bertz CT molecular complexity index is 1110. The average Bonchev–Trinajstić information content (AvgIpc) is 2.74. The zero-order valence-electron chi connectivity index (χ0n) is 16.0. The van der Waals surface area contributed by atoms with E-state index in [4.69, 9.17) is 4.74 Å². The molecule has 0 atom stereocenters. The fourth-order valence-corrected chi connectivity index (χ4v) is 2.71. The molecule has 0 spiro atoms. The molecule has 0 bridgehead atoms. The second kappa shape index (κ2) is 9.41. The first kappa shape index (κ1) is 22.0. The van der Waals surface area contributed by atoms with Gasteiger partial charge in [-0.15, -0.1) is 0 Å². The Kier molecular flexibility index (Phi) is 6.68. The molecule has 3 rings (SSSR count). The van der Waals surface area contributed by atoms with Crippen LogP contribution in [0.15, 0.2) is 65.5 Å². The third-order valence-corrected chi connectivity index (χ3v) is 4.20. The van der Waals surface area contributed by atoms with Crippen molar-refractivity contribution < 1.29 is 27.1 Å². The number of alkyl halides is 3. The van der Waals surface area contributed by atoms with E-state index in [2.05, 4.69) is 10.4 Å². The molecule has 1 heterocycles. The number of rotatable bonds is 7. The van der Waals surface area contributed by atoms with Crippen LogP contribution in [0.2, 0.25) is 0 Å². The number of carbonyl (C=O) groups excluding carboxylic acids is 1. The lowest BCUT2D eigenvalue weighted by Crippen LogP contribution is -2.34. The minimum Gasteiger partial charge on any atom is -0.483 e. The van der Waals surface area contributed by atoms with Gasteiger partial charge in [0.25, 0.3) is 11.5 Å².